The first-order valence-corrected chi connectivity index (χ1v) is 9.68. The summed E-state index contributed by atoms with van der Waals surface area (Å²) < 4.78 is 12.4. The van der Waals surface area contributed by atoms with Gasteiger partial charge in [0.25, 0.3) is 0 Å². The molecule has 0 aliphatic heterocycles. The van der Waals surface area contributed by atoms with Crippen LogP contribution in [0.2, 0.25) is 0 Å². The Kier molecular flexibility index (Phi) is 5.14. The minimum Gasteiger partial charge on any atom is -0.428 e. The summed E-state index contributed by atoms with van der Waals surface area (Å²) in [5, 5.41) is 5.35. The fraction of sp³-hybridized carbons (Fsp3) is 0.167. The van der Waals surface area contributed by atoms with Crippen LogP contribution in [0.15, 0.2) is 66.7 Å². The van der Waals surface area contributed by atoms with Crippen molar-refractivity contribution in [2.24, 2.45) is 0 Å². The third-order valence-electron chi connectivity index (χ3n) is 4.36. The number of fused-ring (bicyclic) bond motifs is 1. The highest BCUT2D eigenvalue weighted by Crippen LogP contribution is 2.40. The molecule has 7 heteroatoms. The molecule has 0 atom stereocenters. The highest BCUT2D eigenvalue weighted by Gasteiger charge is 2.29. The molecule has 2 aromatic carbocycles. The van der Waals surface area contributed by atoms with Gasteiger partial charge in [-0.3, -0.25) is 0 Å². The molecule has 154 valence electrons. The number of hydrogen-bond acceptors (Lipinski definition) is 5. The molecule has 0 spiro atoms. The fourth-order valence-corrected chi connectivity index (χ4v) is 3.09. The van der Waals surface area contributed by atoms with Gasteiger partial charge in [-0.1, -0.05) is 49.0 Å². The lowest BCUT2D eigenvalue weighted by molar-refractivity contribution is 0.0193. The zero-order valence-electron chi connectivity index (χ0n) is 17.4. The zero-order chi connectivity index (χ0) is 22.0. The molecule has 0 aliphatic rings. The molecule has 0 saturated carbocycles. The second-order valence-corrected chi connectivity index (χ2v) is 7.82. The fourth-order valence-electron chi connectivity index (χ4n) is 3.09. The van der Waals surface area contributed by atoms with E-state index in [1.807, 2.05) is 48.5 Å². The normalized spacial score (nSPS) is 11.2. The standard InChI is InChI=1S/C24H20N4O3/c1-24(2,3)31-23(29)30-22-20(19-15-14-16-10-8-9-13-18(16)26-19)21(25-4)27-28(22)17-11-6-5-7-12-17/h5-15H,1-3H3. The molecule has 0 radical (unpaired) electrons. The predicted octanol–water partition coefficient (Wildman–Crippen LogP) is 5.95. The van der Waals surface area contributed by atoms with Crippen LogP contribution in [0.5, 0.6) is 5.88 Å². The van der Waals surface area contributed by atoms with Crippen LogP contribution >= 0.6 is 0 Å². The summed E-state index contributed by atoms with van der Waals surface area (Å²) in [6, 6.07) is 20.5. The lowest BCUT2D eigenvalue weighted by atomic mass is 10.1. The molecule has 0 fully saturated rings. The minimum absolute atomic E-state index is 0.0743. The van der Waals surface area contributed by atoms with Crippen molar-refractivity contribution < 1.29 is 14.3 Å². The maximum absolute atomic E-state index is 12.5. The molecule has 0 bridgehead atoms. The highest BCUT2D eigenvalue weighted by atomic mass is 16.7. The lowest BCUT2D eigenvalue weighted by Gasteiger charge is -2.19. The summed E-state index contributed by atoms with van der Waals surface area (Å²) in [7, 11) is 0. The van der Waals surface area contributed by atoms with Crippen molar-refractivity contribution in [3.8, 4) is 22.8 Å². The van der Waals surface area contributed by atoms with Crippen molar-refractivity contribution in [2.75, 3.05) is 0 Å². The maximum Gasteiger partial charge on any atom is 0.515 e. The molecular formula is C24H20N4O3. The van der Waals surface area contributed by atoms with Gasteiger partial charge in [-0.2, -0.15) is 0 Å². The van der Waals surface area contributed by atoms with Crippen molar-refractivity contribution >= 4 is 22.9 Å². The predicted molar refractivity (Wildman–Crippen MR) is 117 cm³/mol. The van der Waals surface area contributed by atoms with Crippen LogP contribution in [-0.2, 0) is 4.74 Å². The summed E-state index contributed by atoms with van der Waals surface area (Å²) in [6.07, 6.45) is -0.886. The molecule has 0 unspecified atom stereocenters. The summed E-state index contributed by atoms with van der Waals surface area (Å²) in [5.41, 5.74) is 1.46. The number of aromatic nitrogens is 3. The van der Waals surface area contributed by atoms with Crippen molar-refractivity contribution in [1.82, 2.24) is 14.8 Å². The molecule has 0 N–H and O–H groups in total. The molecule has 7 nitrogen and oxygen atoms in total. The van der Waals surface area contributed by atoms with Crippen LogP contribution in [0.25, 0.3) is 32.7 Å². The van der Waals surface area contributed by atoms with E-state index in [9.17, 15) is 4.79 Å². The third kappa shape index (κ3) is 4.23. The van der Waals surface area contributed by atoms with E-state index < -0.39 is 11.8 Å². The number of carbonyl (C=O) groups is 1. The van der Waals surface area contributed by atoms with E-state index in [1.54, 1.807) is 39.0 Å². The van der Waals surface area contributed by atoms with Crippen molar-refractivity contribution in [3.05, 3.63) is 78.1 Å². The number of hydrogen-bond donors (Lipinski definition) is 0. The van der Waals surface area contributed by atoms with E-state index in [4.69, 9.17) is 16.0 Å². The SMILES string of the molecule is [C-]#[N+]c1nn(-c2ccccc2)c(OC(=O)OC(C)(C)C)c1-c1ccc2ccccc2n1. The highest BCUT2D eigenvalue weighted by molar-refractivity contribution is 5.87. The second kappa shape index (κ2) is 7.92. The Hall–Kier alpha value is -4.18. The molecule has 0 aliphatic carbocycles. The van der Waals surface area contributed by atoms with Crippen LogP contribution in [0.4, 0.5) is 10.6 Å². The summed E-state index contributed by atoms with van der Waals surface area (Å²) >= 11 is 0. The van der Waals surface area contributed by atoms with Crippen LogP contribution in [-0.4, -0.2) is 26.5 Å². The van der Waals surface area contributed by atoms with Crippen molar-refractivity contribution in [1.29, 1.82) is 0 Å². The summed E-state index contributed by atoms with van der Waals surface area (Å²) in [5.74, 6) is 0.152. The monoisotopic (exact) mass is 412 g/mol. The van der Waals surface area contributed by atoms with E-state index >= 15 is 0 Å². The largest absolute Gasteiger partial charge is 0.515 e. The Morgan fingerprint density at radius 2 is 1.71 bits per heavy atom. The van der Waals surface area contributed by atoms with E-state index in [2.05, 4.69) is 14.9 Å². The number of nitrogens with zero attached hydrogens (tertiary/aromatic N) is 4. The average Bonchev–Trinajstić information content (AvgIpc) is 3.10. The molecular weight excluding hydrogens is 392 g/mol. The van der Waals surface area contributed by atoms with E-state index in [0.29, 0.717) is 16.9 Å². The van der Waals surface area contributed by atoms with E-state index in [1.165, 1.54) is 4.68 Å². The molecule has 0 saturated heterocycles. The van der Waals surface area contributed by atoms with Crippen molar-refractivity contribution in [3.63, 3.8) is 0 Å². The van der Waals surface area contributed by atoms with Gasteiger partial charge in [0, 0.05) is 5.39 Å². The number of benzene rings is 2. The van der Waals surface area contributed by atoms with Crippen LogP contribution < -0.4 is 4.74 Å². The molecule has 31 heavy (non-hydrogen) atoms. The first-order chi connectivity index (χ1) is 14.9. The molecule has 2 heterocycles. The number of para-hydroxylation sites is 2. The van der Waals surface area contributed by atoms with Crippen LogP contribution in [0.3, 0.4) is 0 Å². The van der Waals surface area contributed by atoms with Gasteiger partial charge in [0.1, 0.15) is 5.60 Å². The van der Waals surface area contributed by atoms with Gasteiger partial charge in [0.05, 0.1) is 22.5 Å². The van der Waals surface area contributed by atoms with Gasteiger partial charge >= 0.3 is 12.0 Å². The quantitative estimate of drug-likeness (QED) is 0.307. The van der Waals surface area contributed by atoms with Gasteiger partial charge in [-0.05, 0) is 50.1 Å². The smallest absolute Gasteiger partial charge is 0.428 e. The van der Waals surface area contributed by atoms with Gasteiger partial charge < -0.3 is 14.3 Å². The molecule has 4 rings (SSSR count). The zero-order valence-corrected chi connectivity index (χ0v) is 17.4. The summed E-state index contributed by atoms with van der Waals surface area (Å²) in [6.45, 7) is 12.9. The van der Waals surface area contributed by atoms with Gasteiger partial charge in [-0.25, -0.2) is 9.78 Å². The number of carbonyl (C=O) groups excluding carboxylic acids is 1. The minimum atomic E-state index is -0.886. The Balaban J connectivity index is 1.91. The number of rotatable bonds is 3. The molecule has 2 aromatic heterocycles. The topological polar surface area (TPSA) is 70.6 Å². The first-order valence-electron chi connectivity index (χ1n) is 9.68. The third-order valence-corrected chi connectivity index (χ3v) is 4.36. The van der Waals surface area contributed by atoms with E-state index in [0.717, 1.165) is 10.9 Å². The van der Waals surface area contributed by atoms with Crippen molar-refractivity contribution in [2.45, 2.75) is 26.4 Å². The van der Waals surface area contributed by atoms with Crippen LogP contribution in [0, 0.1) is 6.57 Å². The van der Waals surface area contributed by atoms with Gasteiger partial charge in [0.15, 0.2) is 0 Å². The Morgan fingerprint density at radius 1 is 1.00 bits per heavy atom. The Morgan fingerprint density at radius 3 is 2.42 bits per heavy atom. The number of ether oxygens (including phenoxy) is 2. The first kappa shape index (κ1) is 20.1. The van der Waals surface area contributed by atoms with Crippen LogP contribution in [0.1, 0.15) is 20.8 Å². The average molecular weight is 412 g/mol. The summed E-state index contributed by atoms with van der Waals surface area (Å²) in [4.78, 5) is 20.8. The second-order valence-electron chi connectivity index (χ2n) is 7.82. The Bertz CT molecular complexity index is 1300. The van der Waals surface area contributed by atoms with Gasteiger partial charge in [0.2, 0.25) is 5.88 Å². The number of pyridine rings is 1. The van der Waals surface area contributed by atoms with E-state index in [-0.39, 0.29) is 11.7 Å². The lowest BCUT2D eigenvalue weighted by Crippen LogP contribution is -2.26. The molecule has 4 aromatic rings. The van der Waals surface area contributed by atoms with Gasteiger partial charge in [-0.15, -0.1) is 4.68 Å². The Labute approximate surface area is 179 Å². The molecule has 0 amide bonds. The maximum atomic E-state index is 12.5.